The lowest BCUT2D eigenvalue weighted by Crippen LogP contribution is -2.30. The molecule has 0 aromatic carbocycles. The number of aliphatic hydroxyl groups is 1. The molecule has 3 N–H and O–H groups in total. The lowest BCUT2D eigenvalue weighted by atomic mass is 10.0. The number of carbonyl (C=O) groups excluding carboxylic acids is 4. The monoisotopic (exact) mass is 1230 g/mol. The van der Waals surface area contributed by atoms with Crippen molar-refractivity contribution in [2.45, 2.75) is 342 Å². The minimum absolute atomic E-state index is 0.103. The molecule has 83 heavy (non-hydrogen) atoms. The normalized spacial score (nSPS) is 14.2. The van der Waals surface area contributed by atoms with Crippen LogP contribution in [0.3, 0.4) is 0 Å². The Kier molecular flexibility index (Phi) is 56.4. The Balaban J connectivity index is 5.10. The molecule has 0 fully saturated rings. The minimum Gasteiger partial charge on any atom is -0.462 e. The van der Waals surface area contributed by atoms with Gasteiger partial charge in [-0.3, -0.25) is 37.3 Å². The SMILES string of the molecule is CCCCCCCCCCCCCCC(=O)OC[C@H](COP(=O)(O)OC[C@@H](O)COP(=O)(O)OC[C@@H](COC(=O)CCCCCCC)OC(=O)CCCCCCCCC)OC(=O)CCCCCCCCCCCCCCCCCCC(C)C. The Bertz CT molecular complexity index is 1620. The smallest absolute Gasteiger partial charge is 0.462 e. The van der Waals surface area contributed by atoms with Gasteiger partial charge in [0.25, 0.3) is 0 Å². The van der Waals surface area contributed by atoms with E-state index in [1.807, 2.05) is 0 Å². The Morgan fingerprint density at radius 1 is 0.325 bits per heavy atom. The van der Waals surface area contributed by atoms with Crippen molar-refractivity contribution in [2.24, 2.45) is 5.92 Å². The molecule has 0 saturated carbocycles. The van der Waals surface area contributed by atoms with Gasteiger partial charge in [0.2, 0.25) is 0 Å². The highest BCUT2D eigenvalue weighted by Gasteiger charge is 2.30. The van der Waals surface area contributed by atoms with Gasteiger partial charge in [-0.25, -0.2) is 9.13 Å². The van der Waals surface area contributed by atoms with Gasteiger partial charge in [0.1, 0.15) is 19.3 Å². The second-order valence-electron chi connectivity index (χ2n) is 23.6. The summed E-state index contributed by atoms with van der Waals surface area (Å²) in [5, 5.41) is 10.5. The summed E-state index contributed by atoms with van der Waals surface area (Å²) in [4.78, 5) is 71.8. The molecule has 0 radical (unpaired) electrons. The fourth-order valence-corrected chi connectivity index (χ4v) is 11.2. The first kappa shape index (κ1) is 81.1. The van der Waals surface area contributed by atoms with Crippen molar-refractivity contribution in [2.75, 3.05) is 39.6 Å². The van der Waals surface area contributed by atoms with E-state index in [4.69, 9.17) is 37.0 Å². The van der Waals surface area contributed by atoms with Gasteiger partial charge < -0.3 is 33.8 Å². The molecule has 0 aliphatic rings. The standard InChI is InChI=1S/C64H124O17P2/c1-6-9-12-15-17-18-19-27-30-34-38-43-48-62(67)75-54-60(81-64(69)50-45-40-35-31-28-25-23-21-20-22-24-26-29-33-37-41-46-57(4)5)56-79-83(72,73)77-52-58(65)51-76-82(70,71)78-55-59(53-74-61(66)47-42-36-14-11-8-3)80-63(68)49-44-39-32-16-13-10-7-2/h57-60,65H,6-56H2,1-5H3,(H,70,71)(H,72,73)/t58-,59+,60+/m0/s1. The number of ether oxygens (including phenoxy) is 4. The van der Waals surface area contributed by atoms with Gasteiger partial charge in [-0.15, -0.1) is 0 Å². The molecule has 0 amide bonds. The molecule has 0 rings (SSSR count). The second kappa shape index (κ2) is 57.8. The van der Waals surface area contributed by atoms with Crippen LogP contribution in [-0.2, 0) is 65.4 Å². The van der Waals surface area contributed by atoms with E-state index in [9.17, 15) is 43.2 Å². The van der Waals surface area contributed by atoms with E-state index in [0.29, 0.717) is 25.7 Å². The molecule has 0 aliphatic heterocycles. The van der Waals surface area contributed by atoms with Crippen LogP contribution in [0.5, 0.6) is 0 Å². The van der Waals surface area contributed by atoms with Gasteiger partial charge in [-0.1, -0.05) is 272 Å². The van der Waals surface area contributed by atoms with Crippen LogP contribution in [0.1, 0.15) is 324 Å². The third-order valence-electron chi connectivity index (χ3n) is 14.8. The van der Waals surface area contributed by atoms with Gasteiger partial charge in [0.05, 0.1) is 26.4 Å². The van der Waals surface area contributed by atoms with Crippen molar-refractivity contribution in [3.63, 3.8) is 0 Å². The van der Waals surface area contributed by atoms with Gasteiger partial charge in [-0.05, 0) is 31.6 Å². The van der Waals surface area contributed by atoms with Crippen LogP contribution in [0, 0.1) is 5.92 Å². The van der Waals surface area contributed by atoms with E-state index in [1.54, 1.807) is 0 Å². The van der Waals surface area contributed by atoms with Crippen molar-refractivity contribution < 1.29 is 80.2 Å². The predicted octanol–water partition coefficient (Wildman–Crippen LogP) is 17.8. The first-order valence-corrected chi connectivity index (χ1v) is 36.6. The van der Waals surface area contributed by atoms with Crippen LogP contribution in [0.2, 0.25) is 0 Å². The number of unbranched alkanes of at least 4 members (excludes halogenated alkanes) is 36. The number of phosphoric ester groups is 2. The number of rotatable bonds is 64. The molecule has 0 heterocycles. The van der Waals surface area contributed by atoms with E-state index in [2.05, 4.69) is 34.6 Å². The van der Waals surface area contributed by atoms with Crippen molar-refractivity contribution in [1.29, 1.82) is 0 Å². The van der Waals surface area contributed by atoms with Crippen LogP contribution >= 0.6 is 15.6 Å². The first-order chi connectivity index (χ1) is 40.0. The third kappa shape index (κ3) is 58.8. The molecule has 0 saturated heterocycles. The summed E-state index contributed by atoms with van der Waals surface area (Å²) in [6.45, 7) is 7.09. The highest BCUT2D eigenvalue weighted by atomic mass is 31.2. The highest BCUT2D eigenvalue weighted by molar-refractivity contribution is 7.47. The molecule has 2 unspecified atom stereocenters. The van der Waals surface area contributed by atoms with Gasteiger partial charge in [-0.2, -0.15) is 0 Å². The largest absolute Gasteiger partial charge is 0.472 e. The van der Waals surface area contributed by atoms with E-state index in [-0.39, 0.29) is 25.7 Å². The molecule has 0 bridgehead atoms. The Morgan fingerprint density at radius 2 is 0.554 bits per heavy atom. The molecule has 0 aromatic rings. The summed E-state index contributed by atoms with van der Waals surface area (Å²) in [6, 6.07) is 0. The first-order valence-electron chi connectivity index (χ1n) is 33.6. The number of phosphoric acid groups is 2. The topological polar surface area (TPSA) is 237 Å². The minimum atomic E-state index is -4.94. The van der Waals surface area contributed by atoms with Crippen molar-refractivity contribution in [3.05, 3.63) is 0 Å². The molecule has 0 spiro atoms. The fraction of sp³-hybridized carbons (Fsp3) is 0.938. The maximum atomic E-state index is 13.0. The van der Waals surface area contributed by atoms with Crippen molar-refractivity contribution in [1.82, 2.24) is 0 Å². The van der Waals surface area contributed by atoms with Gasteiger partial charge >= 0.3 is 39.5 Å². The third-order valence-corrected chi connectivity index (χ3v) is 16.7. The number of hydrogen-bond donors (Lipinski definition) is 3. The van der Waals surface area contributed by atoms with Crippen LogP contribution in [0.4, 0.5) is 0 Å². The maximum absolute atomic E-state index is 13.0. The zero-order valence-corrected chi connectivity index (χ0v) is 55.1. The maximum Gasteiger partial charge on any atom is 0.472 e. The highest BCUT2D eigenvalue weighted by Crippen LogP contribution is 2.45. The number of aliphatic hydroxyl groups excluding tert-OH is 1. The van der Waals surface area contributed by atoms with E-state index in [1.165, 1.54) is 128 Å². The van der Waals surface area contributed by atoms with Crippen molar-refractivity contribution >= 4 is 39.5 Å². The average molecular weight is 1230 g/mol. The Hall–Kier alpha value is -1.94. The molecular formula is C64H124O17P2. The van der Waals surface area contributed by atoms with Gasteiger partial charge in [0, 0.05) is 25.7 Å². The summed E-state index contributed by atoms with van der Waals surface area (Å²) in [5.74, 6) is -1.34. The second-order valence-corrected chi connectivity index (χ2v) is 26.5. The summed E-state index contributed by atoms with van der Waals surface area (Å²) >= 11 is 0. The summed E-state index contributed by atoms with van der Waals surface area (Å²) in [5.41, 5.74) is 0. The van der Waals surface area contributed by atoms with Crippen LogP contribution in [0.15, 0.2) is 0 Å². The van der Waals surface area contributed by atoms with E-state index >= 15 is 0 Å². The lowest BCUT2D eigenvalue weighted by Gasteiger charge is -2.21. The summed E-state index contributed by atoms with van der Waals surface area (Å²) < 4.78 is 67.7. The zero-order valence-electron chi connectivity index (χ0n) is 53.3. The summed E-state index contributed by atoms with van der Waals surface area (Å²) in [6.07, 6.45) is 42.2. The molecular weight excluding hydrogens is 1100 g/mol. The molecule has 17 nitrogen and oxygen atoms in total. The Morgan fingerprint density at radius 3 is 0.819 bits per heavy atom. The lowest BCUT2D eigenvalue weighted by molar-refractivity contribution is -0.161. The molecule has 492 valence electrons. The van der Waals surface area contributed by atoms with Crippen LogP contribution in [0.25, 0.3) is 0 Å². The van der Waals surface area contributed by atoms with E-state index in [0.717, 1.165) is 115 Å². The Labute approximate surface area is 505 Å². The van der Waals surface area contributed by atoms with Crippen LogP contribution in [-0.4, -0.2) is 96.7 Å². The quantitative estimate of drug-likeness (QED) is 0.0222. The predicted molar refractivity (Wildman–Crippen MR) is 331 cm³/mol. The van der Waals surface area contributed by atoms with Crippen molar-refractivity contribution in [3.8, 4) is 0 Å². The summed E-state index contributed by atoms with van der Waals surface area (Å²) in [7, 11) is -9.87. The average Bonchev–Trinajstić information content (AvgIpc) is 3.48. The van der Waals surface area contributed by atoms with Gasteiger partial charge in [0.15, 0.2) is 12.2 Å². The van der Waals surface area contributed by atoms with Crippen LogP contribution < -0.4 is 0 Å². The zero-order chi connectivity index (χ0) is 61.3. The number of esters is 4. The van der Waals surface area contributed by atoms with E-state index < -0.39 is 97.5 Å². The molecule has 0 aliphatic carbocycles. The fourth-order valence-electron chi connectivity index (χ4n) is 9.58. The number of carbonyl (C=O) groups is 4. The number of hydrogen-bond acceptors (Lipinski definition) is 15. The molecule has 19 heteroatoms. The molecule has 0 aromatic heterocycles. The molecule has 5 atom stereocenters.